The maximum absolute atomic E-state index is 5.02. The molecule has 38 heavy (non-hydrogen) atoms. The van der Waals surface area contributed by atoms with Gasteiger partial charge in [0.15, 0.2) is 5.82 Å². The summed E-state index contributed by atoms with van der Waals surface area (Å²) in [5, 5.41) is 5.99. The molecule has 8 rings (SSSR count). The molecule has 0 bridgehead atoms. The van der Waals surface area contributed by atoms with Crippen molar-refractivity contribution < 1.29 is 0 Å². The molecule has 5 heteroatoms. The standard InChI is InChI=1S/C33H21N5/c1-2-8-25(9-3-1)37-18-15-23-19-22-12-13-27-26-10-4-5-11-29(26)38(32(27)28(22)20-30(23)37)31-14-17-35-33(36-31)24-7-6-16-34-21-24/h1-21H. The lowest BCUT2D eigenvalue weighted by Gasteiger charge is -2.11. The Balaban J connectivity index is 1.48. The van der Waals surface area contributed by atoms with Crippen molar-refractivity contribution in [3.8, 4) is 22.9 Å². The van der Waals surface area contributed by atoms with Crippen LogP contribution in [0.25, 0.3) is 66.4 Å². The predicted molar refractivity (Wildman–Crippen MR) is 154 cm³/mol. The minimum absolute atomic E-state index is 0.655. The first-order valence-corrected chi connectivity index (χ1v) is 12.6. The molecule has 4 aromatic heterocycles. The molecule has 0 aliphatic rings. The van der Waals surface area contributed by atoms with Crippen molar-refractivity contribution in [3.63, 3.8) is 0 Å². The fourth-order valence-electron chi connectivity index (χ4n) is 5.57. The van der Waals surface area contributed by atoms with Crippen molar-refractivity contribution in [1.82, 2.24) is 24.1 Å². The van der Waals surface area contributed by atoms with Crippen LogP contribution < -0.4 is 0 Å². The molecule has 5 nitrogen and oxygen atoms in total. The lowest BCUT2D eigenvalue weighted by Crippen LogP contribution is -2.00. The van der Waals surface area contributed by atoms with Crippen molar-refractivity contribution in [2.24, 2.45) is 0 Å². The second-order valence-electron chi connectivity index (χ2n) is 9.45. The Hall–Kier alpha value is -5.29. The van der Waals surface area contributed by atoms with Gasteiger partial charge in [0.2, 0.25) is 0 Å². The fraction of sp³-hybridized carbons (Fsp3) is 0. The number of benzene rings is 4. The molecule has 8 aromatic rings. The second kappa shape index (κ2) is 8.11. The molecule has 0 aliphatic carbocycles. The number of para-hydroxylation sites is 2. The largest absolute Gasteiger partial charge is 0.317 e. The zero-order valence-corrected chi connectivity index (χ0v) is 20.4. The molecule has 0 saturated carbocycles. The Kier molecular flexibility index (Phi) is 4.45. The van der Waals surface area contributed by atoms with E-state index in [2.05, 4.69) is 104 Å². The Morgan fingerprint density at radius 3 is 2.39 bits per heavy atom. The number of rotatable bonds is 3. The van der Waals surface area contributed by atoms with Gasteiger partial charge >= 0.3 is 0 Å². The van der Waals surface area contributed by atoms with E-state index >= 15 is 0 Å². The average molecular weight is 488 g/mol. The quantitative estimate of drug-likeness (QED) is 0.256. The number of hydrogen-bond acceptors (Lipinski definition) is 3. The van der Waals surface area contributed by atoms with Crippen molar-refractivity contribution in [1.29, 1.82) is 0 Å². The summed E-state index contributed by atoms with van der Waals surface area (Å²) < 4.78 is 4.53. The molecule has 0 radical (unpaired) electrons. The molecule has 0 atom stereocenters. The van der Waals surface area contributed by atoms with Crippen LogP contribution in [0.15, 0.2) is 128 Å². The zero-order valence-electron chi connectivity index (χ0n) is 20.4. The molecule has 0 saturated heterocycles. The van der Waals surface area contributed by atoms with Crippen LogP contribution in [0.1, 0.15) is 0 Å². The highest BCUT2D eigenvalue weighted by molar-refractivity contribution is 6.20. The molecule has 178 valence electrons. The van der Waals surface area contributed by atoms with Gasteiger partial charge in [0.25, 0.3) is 0 Å². The highest BCUT2D eigenvalue weighted by atomic mass is 15.1. The van der Waals surface area contributed by atoms with Gasteiger partial charge in [-0.25, -0.2) is 9.97 Å². The van der Waals surface area contributed by atoms with Crippen LogP contribution in [0.3, 0.4) is 0 Å². The Labute approximate surface area is 218 Å². The van der Waals surface area contributed by atoms with Crippen molar-refractivity contribution in [3.05, 3.63) is 128 Å². The van der Waals surface area contributed by atoms with Crippen LogP contribution in [0.4, 0.5) is 0 Å². The van der Waals surface area contributed by atoms with Gasteiger partial charge in [-0.05, 0) is 60.0 Å². The molecule has 4 aromatic carbocycles. The summed E-state index contributed by atoms with van der Waals surface area (Å²) >= 11 is 0. The maximum Gasteiger partial charge on any atom is 0.163 e. The molecule has 0 unspecified atom stereocenters. The normalized spacial score (nSPS) is 11.7. The summed E-state index contributed by atoms with van der Waals surface area (Å²) in [4.78, 5) is 13.8. The minimum Gasteiger partial charge on any atom is -0.317 e. The Morgan fingerprint density at radius 2 is 1.50 bits per heavy atom. The number of pyridine rings is 1. The second-order valence-corrected chi connectivity index (χ2v) is 9.45. The van der Waals surface area contributed by atoms with E-state index < -0.39 is 0 Å². The van der Waals surface area contributed by atoms with Crippen LogP contribution in [-0.2, 0) is 0 Å². The third-order valence-electron chi connectivity index (χ3n) is 7.28. The van der Waals surface area contributed by atoms with Crippen molar-refractivity contribution in [2.45, 2.75) is 0 Å². The van der Waals surface area contributed by atoms with Gasteiger partial charge in [0.1, 0.15) is 5.82 Å². The van der Waals surface area contributed by atoms with Gasteiger partial charge < -0.3 is 4.57 Å². The molecule has 0 aliphatic heterocycles. The SMILES string of the molecule is c1ccc(-n2ccc3cc4ccc5c6ccccc6n(-c6ccnc(-c7cccnc7)n6)c5c4cc32)cc1. The summed E-state index contributed by atoms with van der Waals surface area (Å²) in [5.74, 6) is 1.48. The lowest BCUT2D eigenvalue weighted by molar-refractivity contribution is 1.04. The number of fused-ring (bicyclic) bond motifs is 6. The van der Waals surface area contributed by atoms with Gasteiger partial charge in [-0.3, -0.25) is 9.55 Å². The third kappa shape index (κ3) is 3.09. The summed E-state index contributed by atoms with van der Waals surface area (Å²) in [6.07, 6.45) is 7.54. The number of nitrogens with zero attached hydrogens (tertiary/aromatic N) is 5. The van der Waals surface area contributed by atoms with Crippen molar-refractivity contribution >= 4 is 43.5 Å². The highest BCUT2D eigenvalue weighted by Gasteiger charge is 2.17. The lowest BCUT2D eigenvalue weighted by atomic mass is 10.0. The number of aromatic nitrogens is 5. The van der Waals surface area contributed by atoms with Crippen LogP contribution in [-0.4, -0.2) is 24.1 Å². The van der Waals surface area contributed by atoms with Crippen LogP contribution in [0.2, 0.25) is 0 Å². The van der Waals surface area contributed by atoms with Crippen molar-refractivity contribution in [2.75, 3.05) is 0 Å². The van der Waals surface area contributed by atoms with E-state index in [9.17, 15) is 0 Å². The van der Waals surface area contributed by atoms with Gasteiger partial charge in [0, 0.05) is 57.6 Å². The molecular formula is C33H21N5. The van der Waals surface area contributed by atoms with Crippen LogP contribution >= 0.6 is 0 Å². The molecular weight excluding hydrogens is 466 g/mol. The maximum atomic E-state index is 5.02. The first kappa shape index (κ1) is 20.9. The molecule has 0 N–H and O–H groups in total. The van der Waals surface area contributed by atoms with Gasteiger partial charge in [-0.15, -0.1) is 0 Å². The van der Waals surface area contributed by atoms with E-state index in [1.165, 1.54) is 32.4 Å². The van der Waals surface area contributed by atoms with Gasteiger partial charge in [-0.1, -0.05) is 48.5 Å². The van der Waals surface area contributed by atoms with Crippen LogP contribution in [0, 0.1) is 0 Å². The van der Waals surface area contributed by atoms with E-state index in [0.717, 1.165) is 28.1 Å². The first-order valence-electron chi connectivity index (χ1n) is 12.6. The van der Waals surface area contributed by atoms with Gasteiger partial charge in [0.05, 0.1) is 16.6 Å². The first-order chi connectivity index (χ1) is 18.8. The topological polar surface area (TPSA) is 48.5 Å². The zero-order chi connectivity index (χ0) is 25.1. The van der Waals surface area contributed by atoms with Crippen LogP contribution in [0.5, 0.6) is 0 Å². The highest BCUT2D eigenvalue weighted by Crippen LogP contribution is 2.38. The molecule has 4 heterocycles. The minimum atomic E-state index is 0.655. The third-order valence-corrected chi connectivity index (χ3v) is 7.28. The summed E-state index contributed by atoms with van der Waals surface area (Å²) in [7, 11) is 0. The Bertz CT molecular complexity index is 2120. The van der Waals surface area contributed by atoms with E-state index in [4.69, 9.17) is 4.98 Å². The summed E-state index contributed by atoms with van der Waals surface area (Å²) in [6.45, 7) is 0. The summed E-state index contributed by atoms with van der Waals surface area (Å²) in [5.41, 5.74) is 5.47. The van der Waals surface area contributed by atoms with E-state index in [-0.39, 0.29) is 0 Å². The van der Waals surface area contributed by atoms with E-state index in [0.29, 0.717) is 5.82 Å². The monoisotopic (exact) mass is 487 g/mol. The summed E-state index contributed by atoms with van der Waals surface area (Å²) in [6, 6.07) is 36.2. The Morgan fingerprint density at radius 1 is 0.605 bits per heavy atom. The van der Waals surface area contributed by atoms with E-state index in [1.807, 2.05) is 30.5 Å². The van der Waals surface area contributed by atoms with Gasteiger partial charge in [-0.2, -0.15) is 0 Å². The average Bonchev–Trinajstić information content (AvgIpc) is 3.56. The number of hydrogen-bond donors (Lipinski definition) is 0. The smallest absolute Gasteiger partial charge is 0.163 e. The molecule has 0 spiro atoms. The predicted octanol–water partition coefficient (Wildman–Crippen LogP) is 7.73. The fourth-order valence-corrected chi connectivity index (χ4v) is 5.57. The molecule has 0 fully saturated rings. The molecule has 0 amide bonds. The van der Waals surface area contributed by atoms with E-state index in [1.54, 1.807) is 12.4 Å².